The minimum atomic E-state index is -0.590. The number of esters is 1. The monoisotopic (exact) mass is 422 g/mol. The summed E-state index contributed by atoms with van der Waals surface area (Å²) in [5.41, 5.74) is -0.523. The van der Waals surface area contributed by atoms with Gasteiger partial charge in [0.25, 0.3) is 0 Å². The van der Waals surface area contributed by atoms with Crippen molar-refractivity contribution in [3.8, 4) is 0 Å². The normalized spacial score (nSPS) is 50.2. The number of ether oxygens (including phenoxy) is 1. The van der Waals surface area contributed by atoms with Gasteiger partial charge < -0.3 is 20.1 Å². The Kier molecular flexibility index (Phi) is 5.82. The lowest BCUT2D eigenvalue weighted by Gasteiger charge is -2.63. The number of hydrogen-bond donors (Lipinski definition) is 3. The van der Waals surface area contributed by atoms with Gasteiger partial charge in [-0.1, -0.05) is 13.8 Å². The van der Waals surface area contributed by atoms with E-state index in [1.807, 2.05) is 6.92 Å². The van der Waals surface area contributed by atoms with Gasteiger partial charge in [0.1, 0.15) is 5.78 Å². The molecule has 10 atom stereocenters. The molecule has 0 aliphatic heterocycles. The Morgan fingerprint density at radius 2 is 1.70 bits per heavy atom. The third-order valence-corrected chi connectivity index (χ3v) is 9.96. The van der Waals surface area contributed by atoms with Crippen LogP contribution < -0.4 is 0 Å². The van der Waals surface area contributed by atoms with E-state index in [4.69, 9.17) is 0 Å². The van der Waals surface area contributed by atoms with Gasteiger partial charge in [-0.3, -0.25) is 9.59 Å². The number of aliphatic hydroxyl groups excluding tert-OH is 3. The van der Waals surface area contributed by atoms with Crippen LogP contribution in [0, 0.1) is 40.4 Å². The summed E-state index contributed by atoms with van der Waals surface area (Å²) in [6, 6.07) is 0. The van der Waals surface area contributed by atoms with Crippen LogP contribution in [-0.2, 0) is 14.3 Å². The van der Waals surface area contributed by atoms with Crippen LogP contribution in [-0.4, -0.2) is 52.5 Å². The van der Waals surface area contributed by atoms with E-state index < -0.39 is 17.6 Å². The third kappa shape index (κ3) is 3.25. The van der Waals surface area contributed by atoms with Gasteiger partial charge in [0.05, 0.1) is 31.8 Å². The van der Waals surface area contributed by atoms with Crippen LogP contribution in [0.15, 0.2) is 0 Å². The lowest BCUT2D eigenvalue weighted by molar-refractivity contribution is -0.204. The largest absolute Gasteiger partial charge is 0.469 e. The molecule has 6 nitrogen and oxygen atoms in total. The molecule has 0 aromatic rings. The highest BCUT2D eigenvalue weighted by Gasteiger charge is 2.66. The van der Waals surface area contributed by atoms with Crippen molar-refractivity contribution in [3.63, 3.8) is 0 Å². The molecule has 0 radical (unpaired) electrons. The van der Waals surface area contributed by atoms with Gasteiger partial charge >= 0.3 is 5.97 Å². The molecule has 0 unspecified atom stereocenters. The highest BCUT2D eigenvalue weighted by Crippen LogP contribution is 2.67. The zero-order valence-corrected chi connectivity index (χ0v) is 18.5. The van der Waals surface area contributed by atoms with Crippen LogP contribution in [0.25, 0.3) is 0 Å². The molecule has 4 aliphatic carbocycles. The highest BCUT2D eigenvalue weighted by molar-refractivity contribution is 5.85. The van der Waals surface area contributed by atoms with E-state index >= 15 is 0 Å². The van der Waals surface area contributed by atoms with E-state index in [-0.39, 0.29) is 65.7 Å². The molecule has 0 bridgehead atoms. The van der Waals surface area contributed by atoms with Crippen molar-refractivity contribution in [2.75, 3.05) is 7.11 Å². The maximum atomic E-state index is 13.0. The molecule has 0 amide bonds. The van der Waals surface area contributed by atoms with E-state index in [2.05, 4.69) is 11.7 Å². The Labute approximate surface area is 179 Å². The zero-order valence-electron chi connectivity index (χ0n) is 18.5. The Morgan fingerprint density at radius 3 is 2.40 bits per heavy atom. The summed E-state index contributed by atoms with van der Waals surface area (Å²) in [6.07, 6.45) is 4.25. The molecular formula is C24H38O6. The van der Waals surface area contributed by atoms with Gasteiger partial charge in [-0.15, -0.1) is 0 Å². The number of aliphatic hydroxyl groups is 3. The number of carbonyl (C=O) groups is 2. The summed E-state index contributed by atoms with van der Waals surface area (Å²) in [6.45, 7) is 4.34. The predicted octanol–water partition coefficient (Wildman–Crippen LogP) is 2.47. The van der Waals surface area contributed by atoms with Crippen molar-refractivity contribution in [3.05, 3.63) is 0 Å². The summed E-state index contributed by atoms with van der Waals surface area (Å²) in [4.78, 5) is 24.5. The number of methoxy groups -OCH3 is 1. The second kappa shape index (κ2) is 7.86. The summed E-state index contributed by atoms with van der Waals surface area (Å²) < 4.78 is 4.68. The van der Waals surface area contributed by atoms with E-state index in [0.29, 0.717) is 19.3 Å². The summed E-state index contributed by atoms with van der Waals surface area (Å²) in [5.74, 6) is 0.0931. The first-order valence-corrected chi connectivity index (χ1v) is 11.8. The molecule has 6 heteroatoms. The van der Waals surface area contributed by atoms with E-state index in [1.54, 1.807) is 0 Å². The lowest BCUT2D eigenvalue weighted by atomic mass is 9.43. The Morgan fingerprint density at radius 1 is 0.967 bits per heavy atom. The van der Waals surface area contributed by atoms with E-state index in [0.717, 1.165) is 25.7 Å². The minimum Gasteiger partial charge on any atom is -0.469 e. The van der Waals surface area contributed by atoms with Crippen molar-refractivity contribution in [2.24, 2.45) is 40.4 Å². The number of carbonyl (C=O) groups excluding carboxylic acids is 2. The fraction of sp³-hybridized carbons (Fsp3) is 0.917. The Bertz CT molecular complexity index is 693. The molecule has 3 N–H and O–H groups in total. The smallest absolute Gasteiger partial charge is 0.305 e. The van der Waals surface area contributed by atoms with Crippen molar-refractivity contribution in [2.45, 2.75) is 89.9 Å². The van der Waals surface area contributed by atoms with Crippen molar-refractivity contribution in [1.29, 1.82) is 0 Å². The maximum Gasteiger partial charge on any atom is 0.305 e. The molecule has 0 aromatic heterocycles. The third-order valence-electron chi connectivity index (χ3n) is 9.96. The van der Waals surface area contributed by atoms with Crippen molar-refractivity contribution >= 4 is 11.8 Å². The average molecular weight is 423 g/mol. The molecule has 0 saturated heterocycles. The second-order valence-electron chi connectivity index (χ2n) is 11.0. The minimum absolute atomic E-state index is 0.0262. The molecule has 170 valence electrons. The summed E-state index contributed by atoms with van der Waals surface area (Å²) in [5, 5.41) is 32.8. The quantitative estimate of drug-likeness (QED) is 0.601. The summed E-state index contributed by atoms with van der Waals surface area (Å²) in [7, 11) is 1.33. The first-order chi connectivity index (χ1) is 14.1. The van der Waals surface area contributed by atoms with Gasteiger partial charge in [0, 0.05) is 17.8 Å². The molecule has 0 aromatic carbocycles. The van der Waals surface area contributed by atoms with Crippen LogP contribution in [0.3, 0.4) is 0 Å². The van der Waals surface area contributed by atoms with Crippen LogP contribution >= 0.6 is 0 Å². The van der Waals surface area contributed by atoms with Crippen molar-refractivity contribution < 1.29 is 29.6 Å². The van der Waals surface area contributed by atoms with Crippen LogP contribution in [0.2, 0.25) is 0 Å². The average Bonchev–Trinajstić information content (AvgIpc) is 3.06. The molecular weight excluding hydrogens is 384 g/mol. The SMILES string of the molecule is COC(=O)CCC(=O)[C@H]1CC[C@H]2[C@@H]3[C@H](O)C[C@@H]4C[C@@H](O)CC[C@]4(C)[C@H]3C[C@@H](O)[C@]12C. The van der Waals surface area contributed by atoms with Crippen molar-refractivity contribution in [1.82, 2.24) is 0 Å². The molecule has 0 spiro atoms. The van der Waals surface area contributed by atoms with Gasteiger partial charge in [-0.05, 0) is 74.0 Å². The number of fused-ring (bicyclic) bond motifs is 5. The number of ketones is 1. The fourth-order valence-electron chi connectivity index (χ4n) is 8.20. The van der Waals surface area contributed by atoms with E-state index in [1.165, 1.54) is 7.11 Å². The van der Waals surface area contributed by atoms with E-state index in [9.17, 15) is 24.9 Å². The number of Topliss-reactive ketones (excluding diaryl/α,β-unsaturated/α-hetero) is 1. The Hall–Kier alpha value is -0.980. The lowest BCUT2D eigenvalue weighted by Crippen LogP contribution is -2.62. The molecule has 4 saturated carbocycles. The standard InChI is InChI=1S/C24H38O6/c1-23-9-8-14(25)10-13(23)11-19(27)22-16-5-4-15(18(26)6-7-21(29)30-3)24(16,2)20(28)12-17(22)23/h13-17,19-20,22,25,27-28H,4-12H2,1-3H3/t13-,14-,15+,16-,17-,19+,20+,22-,23-,24+/m0/s1. The summed E-state index contributed by atoms with van der Waals surface area (Å²) >= 11 is 0. The van der Waals surface area contributed by atoms with Crippen LogP contribution in [0.5, 0.6) is 0 Å². The predicted molar refractivity (Wildman–Crippen MR) is 110 cm³/mol. The van der Waals surface area contributed by atoms with Gasteiger partial charge in [-0.25, -0.2) is 0 Å². The molecule has 4 rings (SSSR count). The van der Waals surface area contributed by atoms with Gasteiger partial charge in [0.15, 0.2) is 0 Å². The maximum absolute atomic E-state index is 13.0. The molecule has 30 heavy (non-hydrogen) atoms. The van der Waals surface area contributed by atoms with Crippen LogP contribution in [0.4, 0.5) is 0 Å². The Balaban J connectivity index is 1.59. The van der Waals surface area contributed by atoms with Crippen LogP contribution in [0.1, 0.15) is 71.6 Å². The van der Waals surface area contributed by atoms with Gasteiger partial charge in [0.2, 0.25) is 0 Å². The zero-order chi connectivity index (χ0) is 21.8. The molecule has 4 aliphatic rings. The number of rotatable bonds is 4. The second-order valence-corrected chi connectivity index (χ2v) is 11.0. The first-order valence-electron chi connectivity index (χ1n) is 11.8. The molecule has 4 fully saturated rings. The fourth-order valence-corrected chi connectivity index (χ4v) is 8.20. The number of hydrogen-bond acceptors (Lipinski definition) is 6. The highest BCUT2D eigenvalue weighted by atomic mass is 16.5. The first kappa shape index (κ1) is 22.2. The van der Waals surface area contributed by atoms with Gasteiger partial charge in [-0.2, -0.15) is 0 Å². The molecule has 0 heterocycles. The topological polar surface area (TPSA) is 104 Å².